The molecule has 1 aliphatic heterocycles. The van der Waals surface area contributed by atoms with Gasteiger partial charge < -0.3 is 9.80 Å². The maximum Gasteiger partial charge on any atom is 0.225 e. The first-order valence-electron chi connectivity index (χ1n) is 9.19. The van der Waals surface area contributed by atoms with E-state index in [0.717, 1.165) is 24.8 Å². The number of hydrogen-bond acceptors (Lipinski definition) is 3. The van der Waals surface area contributed by atoms with Crippen molar-refractivity contribution in [1.29, 1.82) is 0 Å². The molecule has 1 aliphatic carbocycles. The lowest BCUT2D eigenvalue weighted by atomic mass is 9.88. The molecule has 5 heteroatoms. The Hall–Kier alpha value is -1.91. The molecule has 0 aromatic carbocycles. The summed E-state index contributed by atoms with van der Waals surface area (Å²) in [4.78, 5) is 32.8. The zero-order valence-electron chi connectivity index (χ0n) is 14.3. The highest BCUT2D eigenvalue weighted by Gasteiger charge is 2.29. The molecule has 0 unspecified atom stereocenters. The third kappa shape index (κ3) is 4.34. The van der Waals surface area contributed by atoms with Crippen molar-refractivity contribution in [3.05, 3.63) is 30.1 Å². The average molecular weight is 329 g/mol. The smallest absolute Gasteiger partial charge is 0.225 e. The predicted molar refractivity (Wildman–Crippen MR) is 92.3 cm³/mol. The third-order valence-electron chi connectivity index (χ3n) is 5.28. The highest BCUT2D eigenvalue weighted by atomic mass is 16.2. The predicted octanol–water partition coefficient (Wildman–Crippen LogP) is 2.27. The van der Waals surface area contributed by atoms with Gasteiger partial charge in [0.05, 0.1) is 0 Å². The van der Waals surface area contributed by atoms with E-state index < -0.39 is 0 Å². The average Bonchev–Trinajstić information content (AvgIpc) is 2.67. The van der Waals surface area contributed by atoms with E-state index in [0.29, 0.717) is 38.5 Å². The van der Waals surface area contributed by atoms with Crippen LogP contribution in [0.5, 0.6) is 0 Å². The fourth-order valence-electron chi connectivity index (χ4n) is 3.74. The van der Waals surface area contributed by atoms with E-state index in [1.54, 1.807) is 12.4 Å². The SMILES string of the molecule is O=C(CCc1ccncc1)N1CCN(C(=O)C2CCCCC2)CC1. The van der Waals surface area contributed by atoms with Crippen molar-refractivity contribution in [3.63, 3.8) is 0 Å². The Morgan fingerprint density at radius 2 is 1.58 bits per heavy atom. The first-order valence-corrected chi connectivity index (χ1v) is 9.19. The molecule has 130 valence electrons. The summed E-state index contributed by atoms with van der Waals surface area (Å²) in [6, 6.07) is 3.90. The Morgan fingerprint density at radius 3 is 2.25 bits per heavy atom. The molecular weight excluding hydrogens is 302 g/mol. The maximum absolute atomic E-state index is 12.6. The van der Waals surface area contributed by atoms with Gasteiger partial charge in [0.2, 0.25) is 11.8 Å². The largest absolute Gasteiger partial charge is 0.339 e. The summed E-state index contributed by atoms with van der Waals surface area (Å²) in [7, 11) is 0. The van der Waals surface area contributed by atoms with E-state index in [1.807, 2.05) is 21.9 Å². The van der Waals surface area contributed by atoms with Gasteiger partial charge in [-0.2, -0.15) is 0 Å². The van der Waals surface area contributed by atoms with E-state index in [-0.39, 0.29) is 11.8 Å². The van der Waals surface area contributed by atoms with Crippen LogP contribution < -0.4 is 0 Å². The number of carbonyl (C=O) groups is 2. The molecule has 0 N–H and O–H groups in total. The zero-order valence-corrected chi connectivity index (χ0v) is 14.3. The molecule has 3 rings (SSSR count). The zero-order chi connectivity index (χ0) is 16.8. The monoisotopic (exact) mass is 329 g/mol. The van der Waals surface area contributed by atoms with Gasteiger partial charge in [-0.15, -0.1) is 0 Å². The van der Waals surface area contributed by atoms with Gasteiger partial charge >= 0.3 is 0 Å². The van der Waals surface area contributed by atoms with E-state index in [1.165, 1.54) is 19.3 Å². The summed E-state index contributed by atoms with van der Waals surface area (Å²) in [6.07, 6.45) is 10.5. The van der Waals surface area contributed by atoms with Gasteiger partial charge in [0.1, 0.15) is 0 Å². The Bertz CT molecular complexity index is 547. The molecule has 0 radical (unpaired) electrons. The molecule has 1 saturated carbocycles. The Kier molecular flexibility index (Phi) is 5.83. The summed E-state index contributed by atoms with van der Waals surface area (Å²) in [5.41, 5.74) is 1.14. The molecule has 1 aromatic rings. The number of carbonyl (C=O) groups excluding carboxylic acids is 2. The fourth-order valence-corrected chi connectivity index (χ4v) is 3.74. The van der Waals surface area contributed by atoms with Crippen LogP contribution >= 0.6 is 0 Å². The summed E-state index contributed by atoms with van der Waals surface area (Å²) in [5.74, 6) is 0.739. The minimum absolute atomic E-state index is 0.191. The van der Waals surface area contributed by atoms with Crippen LogP contribution in [0.2, 0.25) is 0 Å². The molecule has 0 spiro atoms. The van der Waals surface area contributed by atoms with Crippen LogP contribution in [0.3, 0.4) is 0 Å². The van der Waals surface area contributed by atoms with Crippen molar-refractivity contribution >= 4 is 11.8 Å². The molecule has 1 saturated heterocycles. The lowest BCUT2D eigenvalue weighted by Gasteiger charge is -2.37. The summed E-state index contributed by atoms with van der Waals surface area (Å²) in [5, 5.41) is 0. The van der Waals surface area contributed by atoms with Crippen molar-refractivity contribution in [2.75, 3.05) is 26.2 Å². The van der Waals surface area contributed by atoms with E-state index in [4.69, 9.17) is 0 Å². The molecule has 2 fully saturated rings. The van der Waals surface area contributed by atoms with Crippen molar-refractivity contribution in [2.24, 2.45) is 5.92 Å². The van der Waals surface area contributed by atoms with Gasteiger partial charge in [-0.05, 0) is 37.0 Å². The first kappa shape index (κ1) is 16.9. The molecule has 2 aliphatic rings. The van der Waals surface area contributed by atoms with Gasteiger partial charge in [0, 0.05) is 50.9 Å². The Morgan fingerprint density at radius 1 is 0.958 bits per heavy atom. The molecule has 0 atom stereocenters. The van der Waals surface area contributed by atoms with Gasteiger partial charge in [-0.25, -0.2) is 0 Å². The third-order valence-corrected chi connectivity index (χ3v) is 5.28. The summed E-state index contributed by atoms with van der Waals surface area (Å²) >= 11 is 0. The van der Waals surface area contributed by atoms with Crippen LogP contribution in [0.25, 0.3) is 0 Å². The second-order valence-corrected chi connectivity index (χ2v) is 6.90. The maximum atomic E-state index is 12.6. The number of piperazine rings is 1. The minimum atomic E-state index is 0.191. The summed E-state index contributed by atoms with van der Waals surface area (Å²) in [6.45, 7) is 2.73. The van der Waals surface area contributed by atoms with Gasteiger partial charge in [-0.1, -0.05) is 19.3 Å². The van der Waals surface area contributed by atoms with Crippen LogP contribution in [0.15, 0.2) is 24.5 Å². The van der Waals surface area contributed by atoms with Gasteiger partial charge in [-0.3, -0.25) is 14.6 Å². The van der Waals surface area contributed by atoms with Crippen LogP contribution in [0.1, 0.15) is 44.1 Å². The molecule has 0 bridgehead atoms. The molecule has 5 nitrogen and oxygen atoms in total. The van der Waals surface area contributed by atoms with E-state index >= 15 is 0 Å². The van der Waals surface area contributed by atoms with E-state index in [9.17, 15) is 9.59 Å². The standard InChI is InChI=1S/C19H27N3O2/c23-18(7-6-16-8-10-20-11-9-16)21-12-14-22(15-13-21)19(24)17-4-2-1-3-5-17/h8-11,17H,1-7,12-15H2. The van der Waals surface area contributed by atoms with Crippen molar-refractivity contribution in [3.8, 4) is 0 Å². The topological polar surface area (TPSA) is 53.5 Å². The normalized spacial score (nSPS) is 19.3. The van der Waals surface area contributed by atoms with Gasteiger partial charge in [0.25, 0.3) is 0 Å². The molecule has 24 heavy (non-hydrogen) atoms. The number of aromatic nitrogens is 1. The summed E-state index contributed by atoms with van der Waals surface area (Å²) < 4.78 is 0. The Labute approximate surface area is 144 Å². The first-order chi connectivity index (χ1) is 11.7. The molecule has 2 heterocycles. The number of rotatable bonds is 4. The van der Waals surface area contributed by atoms with Crippen LogP contribution in [-0.2, 0) is 16.0 Å². The number of hydrogen-bond donors (Lipinski definition) is 0. The number of nitrogens with zero attached hydrogens (tertiary/aromatic N) is 3. The van der Waals surface area contributed by atoms with Gasteiger partial charge in [0.15, 0.2) is 0 Å². The van der Waals surface area contributed by atoms with Crippen molar-refractivity contribution < 1.29 is 9.59 Å². The van der Waals surface area contributed by atoms with Crippen molar-refractivity contribution in [2.45, 2.75) is 44.9 Å². The highest BCUT2D eigenvalue weighted by Crippen LogP contribution is 2.25. The van der Waals surface area contributed by atoms with Crippen LogP contribution in [-0.4, -0.2) is 52.8 Å². The second kappa shape index (κ2) is 8.27. The lowest BCUT2D eigenvalue weighted by molar-refractivity contribution is -0.142. The number of amides is 2. The lowest BCUT2D eigenvalue weighted by Crippen LogP contribution is -2.52. The highest BCUT2D eigenvalue weighted by molar-refractivity contribution is 5.80. The number of aryl methyl sites for hydroxylation is 1. The molecular formula is C19H27N3O2. The molecule has 2 amide bonds. The Balaban J connectivity index is 1.42. The number of pyridine rings is 1. The van der Waals surface area contributed by atoms with Crippen LogP contribution in [0.4, 0.5) is 0 Å². The quantitative estimate of drug-likeness (QED) is 0.851. The van der Waals surface area contributed by atoms with E-state index in [2.05, 4.69) is 4.98 Å². The second-order valence-electron chi connectivity index (χ2n) is 6.90. The fraction of sp³-hybridized carbons (Fsp3) is 0.632. The molecule has 1 aromatic heterocycles. The van der Waals surface area contributed by atoms with Crippen molar-refractivity contribution in [1.82, 2.24) is 14.8 Å². The van der Waals surface area contributed by atoms with Crippen LogP contribution in [0, 0.1) is 5.92 Å². The minimum Gasteiger partial charge on any atom is -0.339 e.